The minimum Gasteiger partial charge on any atom is -0.348 e. The molecule has 154 valence electrons. The number of carbonyl (C=O) groups is 1. The minimum atomic E-state index is -2.68. The molecule has 0 unspecified atom stereocenters. The summed E-state index contributed by atoms with van der Waals surface area (Å²) in [5.74, 6) is -0.684. The summed E-state index contributed by atoms with van der Waals surface area (Å²) in [5, 5.41) is 7.35. The van der Waals surface area contributed by atoms with Gasteiger partial charge in [-0.15, -0.1) is 0 Å². The molecule has 2 aromatic carbocycles. The van der Waals surface area contributed by atoms with Crippen molar-refractivity contribution in [3.8, 4) is 0 Å². The average molecular weight is 409 g/mol. The Labute approximate surface area is 171 Å². The minimum absolute atomic E-state index is 0.283. The van der Waals surface area contributed by atoms with Crippen LogP contribution in [0.2, 0.25) is 0 Å². The average Bonchev–Trinajstić information content (AvgIpc) is 3.28. The number of halogens is 2. The van der Waals surface area contributed by atoms with E-state index in [1.54, 1.807) is 12.1 Å². The van der Waals surface area contributed by atoms with Gasteiger partial charge in [-0.1, -0.05) is 24.3 Å². The number of nitrogens with zero attached hydrogens (tertiary/aromatic N) is 3. The van der Waals surface area contributed by atoms with E-state index in [-0.39, 0.29) is 5.91 Å². The Morgan fingerprint density at radius 2 is 1.93 bits per heavy atom. The van der Waals surface area contributed by atoms with E-state index in [4.69, 9.17) is 0 Å². The topological polar surface area (TPSA) is 75.6 Å². The Balaban J connectivity index is 1.43. The fourth-order valence-corrected chi connectivity index (χ4v) is 3.40. The lowest BCUT2D eigenvalue weighted by molar-refractivity contribution is 0.0951. The monoisotopic (exact) mass is 409 g/mol. The first-order valence-electron chi connectivity index (χ1n) is 9.54. The highest BCUT2D eigenvalue weighted by molar-refractivity contribution is 5.97. The van der Waals surface area contributed by atoms with Crippen molar-refractivity contribution in [3.63, 3.8) is 0 Å². The first-order chi connectivity index (χ1) is 14.4. The Hall–Kier alpha value is -3.55. The van der Waals surface area contributed by atoms with E-state index in [0.29, 0.717) is 29.7 Å². The van der Waals surface area contributed by atoms with Crippen molar-refractivity contribution >= 4 is 16.9 Å². The van der Waals surface area contributed by atoms with Crippen LogP contribution in [0.15, 0.2) is 48.5 Å². The molecular formula is C22H21F2N5O. The zero-order valence-electron chi connectivity index (χ0n) is 16.6. The van der Waals surface area contributed by atoms with Gasteiger partial charge in [-0.3, -0.25) is 9.48 Å². The van der Waals surface area contributed by atoms with Gasteiger partial charge in [0.1, 0.15) is 0 Å². The molecule has 2 heterocycles. The molecule has 0 fully saturated rings. The number of nitrogens with one attached hydrogen (secondary N) is 2. The molecule has 1 amide bonds. The molecule has 0 aliphatic carbocycles. The van der Waals surface area contributed by atoms with Gasteiger partial charge in [0.2, 0.25) is 0 Å². The summed E-state index contributed by atoms with van der Waals surface area (Å²) >= 11 is 0. The molecule has 0 spiro atoms. The van der Waals surface area contributed by atoms with Crippen LogP contribution in [0.3, 0.4) is 0 Å². The summed E-state index contributed by atoms with van der Waals surface area (Å²) in [7, 11) is 0. The molecule has 0 atom stereocenters. The molecule has 4 aromatic rings. The summed E-state index contributed by atoms with van der Waals surface area (Å²) in [5.41, 5.74) is 5.31. The van der Waals surface area contributed by atoms with Crippen LogP contribution in [0, 0.1) is 13.8 Å². The summed E-state index contributed by atoms with van der Waals surface area (Å²) in [6, 6.07) is 14.6. The standard InChI is InChI=1S/C22H21F2N5O/c1-13-8-14(2)29(28-13)12-16-5-3-4-15(9-16)11-25-22(30)17-6-7-18-19(10-17)27-21(26-18)20(23)24/h3-10,20H,11-12H2,1-2H3,(H,25,30)(H,26,27). The van der Waals surface area contributed by atoms with Crippen LogP contribution in [0.25, 0.3) is 11.0 Å². The van der Waals surface area contributed by atoms with Crippen LogP contribution in [-0.4, -0.2) is 25.7 Å². The van der Waals surface area contributed by atoms with Gasteiger partial charge in [0.05, 0.1) is 23.3 Å². The highest BCUT2D eigenvalue weighted by atomic mass is 19.3. The molecule has 0 bridgehead atoms. The Morgan fingerprint density at radius 3 is 2.67 bits per heavy atom. The van der Waals surface area contributed by atoms with Crippen molar-refractivity contribution in [2.75, 3.05) is 0 Å². The smallest absolute Gasteiger partial charge is 0.295 e. The van der Waals surface area contributed by atoms with Crippen LogP contribution in [0.5, 0.6) is 0 Å². The quantitative estimate of drug-likeness (QED) is 0.499. The molecule has 4 rings (SSSR count). The van der Waals surface area contributed by atoms with E-state index in [0.717, 1.165) is 22.5 Å². The highest BCUT2D eigenvalue weighted by Crippen LogP contribution is 2.20. The first-order valence-corrected chi connectivity index (χ1v) is 9.54. The summed E-state index contributed by atoms with van der Waals surface area (Å²) < 4.78 is 27.5. The Bertz CT molecular complexity index is 1210. The van der Waals surface area contributed by atoms with Gasteiger partial charge < -0.3 is 10.3 Å². The van der Waals surface area contributed by atoms with Crippen molar-refractivity contribution in [2.45, 2.75) is 33.4 Å². The van der Waals surface area contributed by atoms with E-state index in [2.05, 4.69) is 20.4 Å². The highest BCUT2D eigenvalue weighted by Gasteiger charge is 2.14. The predicted octanol–water partition coefficient (Wildman–Crippen LogP) is 4.29. The third-order valence-corrected chi connectivity index (χ3v) is 4.85. The molecule has 0 aliphatic heterocycles. The molecule has 6 nitrogen and oxygen atoms in total. The van der Waals surface area contributed by atoms with Crippen LogP contribution in [-0.2, 0) is 13.1 Å². The second kappa shape index (κ2) is 8.06. The van der Waals surface area contributed by atoms with Gasteiger partial charge >= 0.3 is 0 Å². The van der Waals surface area contributed by atoms with Gasteiger partial charge in [-0.2, -0.15) is 5.10 Å². The molecular weight excluding hydrogens is 388 g/mol. The van der Waals surface area contributed by atoms with Crippen LogP contribution in [0.1, 0.15) is 45.1 Å². The number of aryl methyl sites for hydroxylation is 2. The largest absolute Gasteiger partial charge is 0.348 e. The van der Waals surface area contributed by atoms with Gasteiger partial charge in [0.15, 0.2) is 5.82 Å². The summed E-state index contributed by atoms with van der Waals surface area (Å²) in [6.45, 7) is 4.99. The van der Waals surface area contributed by atoms with E-state index in [1.165, 1.54) is 6.07 Å². The number of aromatic amines is 1. The number of benzene rings is 2. The second-order valence-corrected chi connectivity index (χ2v) is 7.24. The third-order valence-electron chi connectivity index (χ3n) is 4.85. The maximum Gasteiger partial charge on any atom is 0.295 e. The lowest BCUT2D eigenvalue weighted by atomic mass is 10.1. The number of rotatable bonds is 6. The van der Waals surface area contributed by atoms with Crippen molar-refractivity contribution < 1.29 is 13.6 Å². The van der Waals surface area contributed by atoms with Crippen molar-refractivity contribution in [3.05, 3.63) is 82.4 Å². The van der Waals surface area contributed by atoms with Crippen molar-refractivity contribution in [1.82, 2.24) is 25.1 Å². The number of alkyl halides is 2. The van der Waals surface area contributed by atoms with Crippen molar-refractivity contribution in [2.24, 2.45) is 0 Å². The second-order valence-electron chi connectivity index (χ2n) is 7.24. The SMILES string of the molecule is Cc1cc(C)n(Cc2cccc(CNC(=O)c3ccc4nc(C(F)F)[nH]c4c3)c2)n1. The maximum atomic E-state index is 12.8. The number of carbonyl (C=O) groups excluding carboxylic acids is 1. The van der Waals surface area contributed by atoms with Gasteiger partial charge in [-0.25, -0.2) is 13.8 Å². The maximum absolute atomic E-state index is 12.8. The zero-order valence-corrected chi connectivity index (χ0v) is 16.6. The lowest BCUT2D eigenvalue weighted by Gasteiger charge is -2.09. The summed E-state index contributed by atoms with van der Waals surface area (Å²) in [4.78, 5) is 18.9. The van der Waals surface area contributed by atoms with E-state index in [1.807, 2.05) is 48.9 Å². The fraction of sp³-hybridized carbons (Fsp3) is 0.227. The van der Waals surface area contributed by atoms with Gasteiger partial charge in [0.25, 0.3) is 12.3 Å². The molecule has 0 saturated heterocycles. The molecule has 2 N–H and O–H groups in total. The summed E-state index contributed by atoms with van der Waals surface area (Å²) in [6.07, 6.45) is -2.68. The third kappa shape index (κ3) is 4.22. The zero-order chi connectivity index (χ0) is 21.3. The van der Waals surface area contributed by atoms with E-state index >= 15 is 0 Å². The molecule has 0 saturated carbocycles. The Morgan fingerprint density at radius 1 is 1.13 bits per heavy atom. The fourth-order valence-electron chi connectivity index (χ4n) is 3.40. The Kier molecular flexibility index (Phi) is 5.31. The lowest BCUT2D eigenvalue weighted by Crippen LogP contribution is -2.22. The number of aromatic nitrogens is 4. The van der Waals surface area contributed by atoms with Crippen LogP contribution >= 0.6 is 0 Å². The number of hydrogen-bond acceptors (Lipinski definition) is 3. The molecule has 0 radical (unpaired) electrons. The number of hydrogen-bond donors (Lipinski definition) is 2. The molecule has 0 aliphatic rings. The van der Waals surface area contributed by atoms with Gasteiger partial charge in [-0.05, 0) is 49.2 Å². The molecule has 8 heteroatoms. The first kappa shape index (κ1) is 19.8. The van der Waals surface area contributed by atoms with Gasteiger partial charge in [0, 0.05) is 17.8 Å². The molecule has 2 aromatic heterocycles. The molecule has 30 heavy (non-hydrogen) atoms. The predicted molar refractivity (Wildman–Crippen MR) is 109 cm³/mol. The van der Waals surface area contributed by atoms with E-state index < -0.39 is 12.2 Å². The number of amides is 1. The van der Waals surface area contributed by atoms with Crippen LogP contribution < -0.4 is 5.32 Å². The number of H-pyrrole nitrogens is 1. The number of imidazole rings is 1. The van der Waals surface area contributed by atoms with E-state index in [9.17, 15) is 13.6 Å². The number of fused-ring (bicyclic) bond motifs is 1. The normalized spacial score (nSPS) is 11.4. The van der Waals surface area contributed by atoms with Crippen molar-refractivity contribution in [1.29, 1.82) is 0 Å². The van der Waals surface area contributed by atoms with Crippen LogP contribution in [0.4, 0.5) is 8.78 Å².